The standard InChI is InChI=1S/C12H16O2S/c13-8-9-3-1-4-10(7-9)15-12-6-2-5-11(12)14/h1,3-4,7,11-14H,2,5-6,8H2. The fourth-order valence-corrected chi connectivity index (χ4v) is 3.24. The third-order valence-electron chi connectivity index (χ3n) is 2.79. The summed E-state index contributed by atoms with van der Waals surface area (Å²) in [5.74, 6) is 0. The number of aliphatic hydroxyl groups is 2. The maximum atomic E-state index is 9.71. The van der Waals surface area contributed by atoms with Crippen LogP contribution in [0.4, 0.5) is 0 Å². The van der Waals surface area contributed by atoms with Crippen LogP contribution in [0.5, 0.6) is 0 Å². The molecule has 0 amide bonds. The van der Waals surface area contributed by atoms with Gasteiger partial charge >= 0.3 is 0 Å². The predicted molar refractivity (Wildman–Crippen MR) is 61.9 cm³/mol. The second-order valence-corrected chi connectivity index (χ2v) is 5.27. The summed E-state index contributed by atoms with van der Waals surface area (Å²) < 4.78 is 0. The van der Waals surface area contributed by atoms with E-state index in [1.807, 2.05) is 24.3 Å². The molecule has 3 heteroatoms. The van der Waals surface area contributed by atoms with Gasteiger partial charge in [0.15, 0.2) is 0 Å². The minimum atomic E-state index is -0.159. The second-order valence-electron chi connectivity index (χ2n) is 3.96. The summed E-state index contributed by atoms with van der Waals surface area (Å²) in [6.07, 6.45) is 2.98. The number of hydrogen-bond acceptors (Lipinski definition) is 3. The molecule has 0 spiro atoms. The second kappa shape index (κ2) is 5.01. The van der Waals surface area contributed by atoms with E-state index in [9.17, 15) is 5.11 Å². The number of benzene rings is 1. The molecule has 2 atom stereocenters. The Hall–Kier alpha value is -0.510. The molecule has 1 aromatic rings. The van der Waals surface area contributed by atoms with Gasteiger partial charge in [-0.3, -0.25) is 0 Å². The summed E-state index contributed by atoms with van der Waals surface area (Å²) in [5.41, 5.74) is 0.937. The minimum absolute atomic E-state index is 0.0849. The Balaban J connectivity index is 2.03. The highest BCUT2D eigenvalue weighted by atomic mass is 32.2. The Morgan fingerprint density at radius 2 is 2.20 bits per heavy atom. The van der Waals surface area contributed by atoms with Gasteiger partial charge in [0.1, 0.15) is 0 Å². The van der Waals surface area contributed by atoms with Crippen molar-refractivity contribution in [2.24, 2.45) is 0 Å². The molecule has 15 heavy (non-hydrogen) atoms. The Labute approximate surface area is 94.3 Å². The maximum Gasteiger partial charge on any atom is 0.0682 e. The molecule has 0 saturated heterocycles. The molecule has 1 aliphatic carbocycles. The molecule has 2 unspecified atom stereocenters. The van der Waals surface area contributed by atoms with E-state index in [2.05, 4.69) is 0 Å². The lowest BCUT2D eigenvalue weighted by Crippen LogP contribution is -2.14. The molecular weight excluding hydrogens is 208 g/mol. The van der Waals surface area contributed by atoms with Crippen LogP contribution in [-0.2, 0) is 6.61 Å². The summed E-state index contributed by atoms with van der Waals surface area (Å²) in [5, 5.41) is 19.1. The zero-order valence-corrected chi connectivity index (χ0v) is 9.41. The van der Waals surface area contributed by atoms with Gasteiger partial charge in [-0.05, 0) is 37.0 Å². The van der Waals surface area contributed by atoms with Gasteiger partial charge in [-0.1, -0.05) is 12.1 Å². The van der Waals surface area contributed by atoms with Crippen LogP contribution >= 0.6 is 11.8 Å². The van der Waals surface area contributed by atoms with Crippen LogP contribution in [0.1, 0.15) is 24.8 Å². The average Bonchev–Trinajstić information content (AvgIpc) is 2.65. The molecule has 0 aromatic heterocycles. The molecule has 0 aliphatic heterocycles. The maximum absolute atomic E-state index is 9.71. The molecule has 2 nitrogen and oxygen atoms in total. The quantitative estimate of drug-likeness (QED) is 0.827. The lowest BCUT2D eigenvalue weighted by atomic mass is 10.2. The van der Waals surface area contributed by atoms with Gasteiger partial charge in [-0.2, -0.15) is 0 Å². The van der Waals surface area contributed by atoms with Gasteiger partial charge in [0, 0.05) is 10.1 Å². The summed E-state index contributed by atoms with van der Waals surface area (Å²) >= 11 is 1.73. The van der Waals surface area contributed by atoms with Crippen molar-refractivity contribution in [3.63, 3.8) is 0 Å². The lowest BCUT2D eigenvalue weighted by Gasteiger charge is -2.14. The van der Waals surface area contributed by atoms with Crippen molar-refractivity contribution in [1.29, 1.82) is 0 Å². The van der Waals surface area contributed by atoms with Crippen molar-refractivity contribution in [1.82, 2.24) is 0 Å². The molecular formula is C12H16O2S. The summed E-state index contributed by atoms with van der Waals surface area (Å²) in [4.78, 5) is 1.15. The van der Waals surface area contributed by atoms with Crippen molar-refractivity contribution < 1.29 is 10.2 Å². The third kappa shape index (κ3) is 2.74. The lowest BCUT2D eigenvalue weighted by molar-refractivity contribution is 0.188. The van der Waals surface area contributed by atoms with E-state index in [1.165, 1.54) is 0 Å². The third-order valence-corrected chi connectivity index (χ3v) is 4.16. The normalized spacial score (nSPS) is 25.7. The molecule has 0 heterocycles. The molecule has 2 rings (SSSR count). The molecule has 2 N–H and O–H groups in total. The first-order valence-electron chi connectivity index (χ1n) is 5.34. The van der Waals surface area contributed by atoms with E-state index < -0.39 is 0 Å². The van der Waals surface area contributed by atoms with E-state index >= 15 is 0 Å². The molecule has 0 bridgehead atoms. The van der Waals surface area contributed by atoms with Crippen LogP contribution in [0.25, 0.3) is 0 Å². The molecule has 1 aliphatic rings. The summed E-state index contributed by atoms with van der Waals surface area (Å²) in [6.45, 7) is 0.0849. The predicted octanol–water partition coefficient (Wildman–Crippen LogP) is 2.18. The Bertz CT molecular complexity index is 327. The number of aliphatic hydroxyl groups excluding tert-OH is 2. The fourth-order valence-electron chi connectivity index (χ4n) is 1.94. The first kappa shape index (κ1) is 11.0. The van der Waals surface area contributed by atoms with Crippen LogP contribution in [0.2, 0.25) is 0 Å². The summed E-state index contributed by atoms with van der Waals surface area (Å²) in [6, 6.07) is 7.90. The highest BCUT2D eigenvalue weighted by Gasteiger charge is 2.25. The molecule has 1 saturated carbocycles. The fraction of sp³-hybridized carbons (Fsp3) is 0.500. The average molecular weight is 224 g/mol. The van der Waals surface area contributed by atoms with Crippen LogP contribution in [0.15, 0.2) is 29.2 Å². The van der Waals surface area contributed by atoms with E-state index in [-0.39, 0.29) is 12.7 Å². The molecule has 1 aromatic carbocycles. The summed E-state index contributed by atoms with van der Waals surface area (Å²) in [7, 11) is 0. The minimum Gasteiger partial charge on any atom is -0.392 e. The van der Waals surface area contributed by atoms with Crippen LogP contribution < -0.4 is 0 Å². The van der Waals surface area contributed by atoms with Gasteiger partial charge in [0.25, 0.3) is 0 Å². The van der Waals surface area contributed by atoms with Crippen molar-refractivity contribution in [3.05, 3.63) is 29.8 Å². The largest absolute Gasteiger partial charge is 0.392 e. The van der Waals surface area contributed by atoms with E-state index in [1.54, 1.807) is 11.8 Å². The SMILES string of the molecule is OCc1cccc(SC2CCCC2O)c1. The number of thioether (sulfide) groups is 1. The smallest absolute Gasteiger partial charge is 0.0682 e. The van der Waals surface area contributed by atoms with Crippen LogP contribution in [-0.4, -0.2) is 21.6 Å². The van der Waals surface area contributed by atoms with Crippen molar-refractivity contribution in [2.45, 2.75) is 42.1 Å². The van der Waals surface area contributed by atoms with Crippen molar-refractivity contribution >= 4 is 11.8 Å². The first-order chi connectivity index (χ1) is 7.29. The number of rotatable bonds is 3. The van der Waals surface area contributed by atoms with E-state index in [0.717, 1.165) is 29.7 Å². The van der Waals surface area contributed by atoms with Gasteiger partial charge in [-0.25, -0.2) is 0 Å². The highest BCUT2D eigenvalue weighted by Crippen LogP contribution is 2.35. The van der Waals surface area contributed by atoms with Crippen LogP contribution in [0.3, 0.4) is 0 Å². The highest BCUT2D eigenvalue weighted by molar-refractivity contribution is 8.00. The zero-order valence-electron chi connectivity index (χ0n) is 8.60. The van der Waals surface area contributed by atoms with Crippen molar-refractivity contribution in [3.8, 4) is 0 Å². The Kier molecular flexibility index (Phi) is 3.67. The molecule has 1 fully saturated rings. The van der Waals surface area contributed by atoms with Crippen LogP contribution in [0, 0.1) is 0 Å². The molecule has 0 radical (unpaired) electrons. The zero-order chi connectivity index (χ0) is 10.7. The molecule has 82 valence electrons. The van der Waals surface area contributed by atoms with Gasteiger partial charge in [0.05, 0.1) is 12.7 Å². The monoisotopic (exact) mass is 224 g/mol. The first-order valence-corrected chi connectivity index (χ1v) is 6.22. The topological polar surface area (TPSA) is 40.5 Å². The van der Waals surface area contributed by atoms with Crippen molar-refractivity contribution in [2.75, 3.05) is 0 Å². The van der Waals surface area contributed by atoms with E-state index in [4.69, 9.17) is 5.11 Å². The van der Waals surface area contributed by atoms with Gasteiger partial charge < -0.3 is 10.2 Å². The van der Waals surface area contributed by atoms with Gasteiger partial charge in [0.2, 0.25) is 0 Å². The van der Waals surface area contributed by atoms with Gasteiger partial charge in [-0.15, -0.1) is 11.8 Å². The number of hydrogen-bond donors (Lipinski definition) is 2. The Morgan fingerprint density at radius 1 is 1.33 bits per heavy atom. The van der Waals surface area contributed by atoms with E-state index in [0.29, 0.717) is 5.25 Å². The Morgan fingerprint density at radius 3 is 2.87 bits per heavy atom.